The molecule has 2 rings (SSSR count). The van der Waals surface area contributed by atoms with Gasteiger partial charge in [-0.15, -0.1) is 0 Å². The van der Waals surface area contributed by atoms with Crippen LogP contribution in [0.4, 0.5) is 0 Å². The van der Waals surface area contributed by atoms with Crippen molar-refractivity contribution in [1.29, 1.82) is 0 Å². The first-order valence-electron chi connectivity index (χ1n) is 10.0. The Morgan fingerprint density at radius 2 is 1.87 bits per heavy atom. The average Bonchev–Trinajstić information content (AvgIpc) is 2.70. The number of benzene rings is 2. The van der Waals surface area contributed by atoms with E-state index in [1.165, 1.54) is 0 Å². The van der Waals surface area contributed by atoms with Crippen LogP contribution < -0.4 is 10.1 Å². The van der Waals surface area contributed by atoms with E-state index in [0.29, 0.717) is 34.6 Å². The monoisotopic (exact) mass is 494 g/mol. The Hall–Kier alpha value is -2.05. The summed E-state index contributed by atoms with van der Waals surface area (Å²) >= 11 is 9.35. The molecule has 1 N–H and O–H groups in total. The van der Waals surface area contributed by atoms with Crippen molar-refractivity contribution in [2.75, 3.05) is 13.2 Å². The highest BCUT2D eigenvalue weighted by molar-refractivity contribution is 9.10. The third kappa shape index (κ3) is 7.33. The molecule has 0 aromatic heterocycles. The van der Waals surface area contributed by atoms with Gasteiger partial charge in [0.25, 0.3) is 5.91 Å². The second-order valence-corrected chi connectivity index (χ2v) is 8.56. The van der Waals surface area contributed by atoms with Crippen molar-refractivity contribution in [3.8, 4) is 5.75 Å². The zero-order chi connectivity index (χ0) is 22.1. The van der Waals surface area contributed by atoms with Crippen LogP contribution in [0.1, 0.15) is 32.8 Å². The Labute approximate surface area is 191 Å². The molecule has 0 aliphatic carbocycles. The number of carbonyl (C=O) groups is 2. The third-order valence-electron chi connectivity index (χ3n) is 4.55. The maximum absolute atomic E-state index is 13.1. The normalized spacial score (nSPS) is 11.8. The summed E-state index contributed by atoms with van der Waals surface area (Å²) in [5.41, 5.74) is 1.11. The van der Waals surface area contributed by atoms with Crippen LogP contribution in [0.3, 0.4) is 0 Å². The molecule has 0 unspecified atom stereocenters. The standard InChI is InChI=1S/C23H28BrClN2O3/c1-4-20(23(29)26-16(2)3)27(13-12-17-8-6-5-7-9-17)22(28)15-30-21-11-10-18(25)14-19(21)24/h5-11,14,16,20H,4,12-13,15H2,1-3H3,(H,26,29)/t20-/m1/s1. The number of halogens is 2. The SMILES string of the molecule is CC[C@H](C(=O)NC(C)C)N(CCc1ccccc1)C(=O)COc1ccc(Cl)cc1Br. The van der Waals surface area contributed by atoms with Gasteiger partial charge in [0.2, 0.25) is 5.91 Å². The van der Waals surface area contributed by atoms with E-state index in [2.05, 4.69) is 21.2 Å². The maximum Gasteiger partial charge on any atom is 0.261 e. The predicted molar refractivity (Wildman–Crippen MR) is 124 cm³/mol. The van der Waals surface area contributed by atoms with Crippen LogP contribution in [0.25, 0.3) is 0 Å². The van der Waals surface area contributed by atoms with Gasteiger partial charge >= 0.3 is 0 Å². The highest BCUT2D eigenvalue weighted by atomic mass is 79.9. The van der Waals surface area contributed by atoms with E-state index in [0.717, 1.165) is 5.56 Å². The fourth-order valence-corrected chi connectivity index (χ4v) is 3.89. The number of carbonyl (C=O) groups excluding carboxylic acids is 2. The Balaban J connectivity index is 2.14. The van der Waals surface area contributed by atoms with Crippen LogP contribution in [0.5, 0.6) is 5.75 Å². The highest BCUT2D eigenvalue weighted by Crippen LogP contribution is 2.28. The van der Waals surface area contributed by atoms with E-state index in [1.54, 1.807) is 23.1 Å². The van der Waals surface area contributed by atoms with Crippen molar-refractivity contribution in [2.24, 2.45) is 0 Å². The topological polar surface area (TPSA) is 58.6 Å². The lowest BCUT2D eigenvalue weighted by molar-refractivity contribution is -0.142. The molecule has 0 aliphatic heterocycles. The van der Waals surface area contributed by atoms with E-state index >= 15 is 0 Å². The lowest BCUT2D eigenvalue weighted by Gasteiger charge is -2.31. The van der Waals surface area contributed by atoms with Gasteiger partial charge in [0.1, 0.15) is 11.8 Å². The third-order valence-corrected chi connectivity index (χ3v) is 5.40. The van der Waals surface area contributed by atoms with Crippen LogP contribution in [0, 0.1) is 0 Å². The van der Waals surface area contributed by atoms with Crippen LogP contribution in [0.15, 0.2) is 53.0 Å². The Morgan fingerprint density at radius 1 is 1.17 bits per heavy atom. The van der Waals surface area contributed by atoms with Crippen LogP contribution in [-0.4, -0.2) is 41.9 Å². The lowest BCUT2D eigenvalue weighted by Crippen LogP contribution is -2.52. The zero-order valence-corrected chi connectivity index (χ0v) is 19.9. The summed E-state index contributed by atoms with van der Waals surface area (Å²) in [4.78, 5) is 27.4. The van der Waals surface area contributed by atoms with E-state index in [9.17, 15) is 9.59 Å². The fraction of sp³-hybridized carbons (Fsp3) is 0.391. The van der Waals surface area contributed by atoms with Crippen molar-refractivity contribution in [3.63, 3.8) is 0 Å². The predicted octanol–water partition coefficient (Wildman–Crippen LogP) is 4.86. The van der Waals surface area contributed by atoms with Crippen molar-refractivity contribution in [1.82, 2.24) is 10.2 Å². The van der Waals surface area contributed by atoms with Gasteiger partial charge in [-0.3, -0.25) is 9.59 Å². The highest BCUT2D eigenvalue weighted by Gasteiger charge is 2.29. The summed E-state index contributed by atoms with van der Waals surface area (Å²) in [7, 11) is 0. The molecule has 5 nitrogen and oxygen atoms in total. The Kier molecular flexibility index (Phi) is 9.66. The number of nitrogens with one attached hydrogen (secondary N) is 1. The summed E-state index contributed by atoms with van der Waals surface area (Å²) in [6.45, 7) is 5.98. The molecule has 0 spiro atoms. The fourth-order valence-electron chi connectivity index (χ4n) is 3.09. The van der Waals surface area contributed by atoms with E-state index in [4.69, 9.17) is 16.3 Å². The molecule has 0 saturated heterocycles. The number of ether oxygens (including phenoxy) is 1. The van der Waals surface area contributed by atoms with Gasteiger partial charge < -0.3 is 15.0 Å². The van der Waals surface area contributed by atoms with E-state index in [-0.39, 0.29) is 24.5 Å². The molecule has 2 aromatic carbocycles. The molecule has 2 aromatic rings. The first-order chi connectivity index (χ1) is 14.3. The van der Waals surface area contributed by atoms with Crippen molar-refractivity contribution >= 4 is 39.3 Å². The van der Waals surface area contributed by atoms with Crippen LogP contribution >= 0.6 is 27.5 Å². The molecule has 0 saturated carbocycles. The van der Waals surface area contributed by atoms with E-state index < -0.39 is 6.04 Å². The lowest BCUT2D eigenvalue weighted by atomic mass is 10.1. The molecule has 0 heterocycles. The molecule has 7 heteroatoms. The van der Waals surface area contributed by atoms with Crippen LogP contribution in [-0.2, 0) is 16.0 Å². The quantitative estimate of drug-likeness (QED) is 0.512. The van der Waals surface area contributed by atoms with Gasteiger partial charge in [-0.05, 0) is 66.4 Å². The van der Waals surface area contributed by atoms with Crippen LogP contribution in [0.2, 0.25) is 5.02 Å². The minimum Gasteiger partial charge on any atom is -0.483 e. The van der Waals surface area contributed by atoms with E-state index in [1.807, 2.05) is 51.1 Å². The summed E-state index contributed by atoms with van der Waals surface area (Å²) in [6.07, 6.45) is 1.17. The maximum atomic E-state index is 13.1. The summed E-state index contributed by atoms with van der Waals surface area (Å²) in [6, 6.07) is 14.5. The molecular weight excluding hydrogens is 468 g/mol. The minimum absolute atomic E-state index is 0.00102. The molecular formula is C23H28BrClN2O3. The van der Waals surface area contributed by atoms with Gasteiger partial charge in [0.05, 0.1) is 4.47 Å². The first kappa shape index (κ1) is 24.2. The molecule has 30 heavy (non-hydrogen) atoms. The average molecular weight is 496 g/mol. The zero-order valence-electron chi connectivity index (χ0n) is 17.5. The van der Waals surface area contributed by atoms with Gasteiger partial charge in [0, 0.05) is 17.6 Å². The number of nitrogens with zero attached hydrogens (tertiary/aromatic N) is 1. The number of hydrogen-bond acceptors (Lipinski definition) is 3. The summed E-state index contributed by atoms with van der Waals surface area (Å²) in [5, 5.41) is 3.49. The Bertz CT molecular complexity index is 846. The molecule has 0 fully saturated rings. The van der Waals surface area contributed by atoms with Gasteiger partial charge in [0.15, 0.2) is 6.61 Å². The Morgan fingerprint density at radius 3 is 2.47 bits per heavy atom. The molecule has 1 atom stereocenters. The molecule has 162 valence electrons. The van der Waals surface area contributed by atoms with Crippen molar-refractivity contribution in [2.45, 2.75) is 45.7 Å². The molecule has 0 radical (unpaired) electrons. The van der Waals surface area contributed by atoms with Crippen molar-refractivity contribution < 1.29 is 14.3 Å². The first-order valence-corrected chi connectivity index (χ1v) is 11.2. The minimum atomic E-state index is -0.555. The summed E-state index contributed by atoms with van der Waals surface area (Å²) in [5.74, 6) is 0.135. The second kappa shape index (κ2) is 12.0. The number of amides is 2. The molecule has 0 aliphatic rings. The van der Waals surface area contributed by atoms with Crippen molar-refractivity contribution in [3.05, 3.63) is 63.6 Å². The van der Waals surface area contributed by atoms with Gasteiger partial charge in [-0.1, -0.05) is 48.9 Å². The van der Waals surface area contributed by atoms with Gasteiger partial charge in [-0.25, -0.2) is 0 Å². The number of hydrogen-bond donors (Lipinski definition) is 1. The molecule has 2 amide bonds. The number of rotatable bonds is 10. The second-order valence-electron chi connectivity index (χ2n) is 7.27. The molecule has 0 bridgehead atoms. The largest absolute Gasteiger partial charge is 0.483 e. The van der Waals surface area contributed by atoms with Gasteiger partial charge in [-0.2, -0.15) is 0 Å². The smallest absolute Gasteiger partial charge is 0.261 e. The summed E-state index contributed by atoms with van der Waals surface area (Å²) < 4.78 is 6.38.